The summed E-state index contributed by atoms with van der Waals surface area (Å²) in [6.45, 7) is 22.8. The highest BCUT2D eigenvalue weighted by atomic mass is 16.5. The van der Waals surface area contributed by atoms with Gasteiger partial charge in [-0.25, -0.2) is 9.59 Å². The molecule has 12 nitrogen and oxygen atoms in total. The van der Waals surface area contributed by atoms with Crippen molar-refractivity contribution in [1.29, 1.82) is 0 Å². The fraction of sp³-hybridized carbons (Fsp3) is 0.548. The van der Waals surface area contributed by atoms with Crippen molar-refractivity contribution in [3.63, 3.8) is 0 Å². The van der Waals surface area contributed by atoms with Gasteiger partial charge in [-0.05, 0) is 150 Å². The van der Waals surface area contributed by atoms with Gasteiger partial charge in [0.15, 0.2) is 23.0 Å². The average Bonchev–Trinajstić information content (AvgIpc) is 3.41. The third-order valence-corrected chi connectivity index (χ3v) is 11.1. The maximum absolute atomic E-state index is 12.2. The zero-order valence-corrected chi connectivity index (χ0v) is 47.2. The van der Waals surface area contributed by atoms with Gasteiger partial charge in [0.1, 0.15) is 0 Å². The number of ether oxygens (including phenoxy) is 8. The second-order valence-electron chi connectivity index (χ2n) is 18.2. The van der Waals surface area contributed by atoms with Crippen molar-refractivity contribution in [3.8, 4) is 23.0 Å². The van der Waals surface area contributed by atoms with E-state index < -0.39 is 0 Å². The Hall–Kier alpha value is -5.72. The molecule has 0 saturated heterocycles. The predicted molar refractivity (Wildman–Crippen MR) is 307 cm³/mol. The number of rotatable bonds is 36. The molecule has 12 heteroatoms. The summed E-state index contributed by atoms with van der Waals surface area (Å²) < 4.78 is 44.9. The van der Waals surface area contributed by atoms with Gasteiger partial charge >= 0.3 is 11.9 Å². The number of anilines is 1. The smallest absolute Gasteiger partial charge is 0.330 e. The zero-order chi connectivity index (χ0) is 54.9. The lowest BCUT2D eigenvalue weighted by molar-refractivity contribution is -0.138. The highest BCUT2D eigenvalue weighted by molar-refractivity contribution is 5.87. The molecule has 0 spiro atoms. The van der Waals surface area contributed by atoms with Crippen molar-refractivity contribution in [2.45, 2.75) is 151 Å². The van der Waals surface area contributed by atoms with E-state index in [9.17, 15) is 9.59 Å². The minimum Gasteiger partial charge on any atom is -0.493 e. The second kappa shape index (κ2) is 47.0. The summed E-state index contributed by atoms with van der Waals surface area (Å²) in [7, 11) is 3.29. The fourth-order valence-electron chi connectivity index (χ4n) is 6.95. The summed E-state index contributed by atoms with van der Waals surface area (Å²) in [6, 6.07) is 19.6. The van der Waals surface area contributed by atoms with Crippen LogP contribution in [0.2, 0.25) is 0 Å². The van der Waals surface area contributed by atoms with E-state index in [2.05, 4.69) is 58.6 Å². The number of unbranched alkanes of at least 4 members (excludes halogenated alkanes) is 10. The number of nitrogen functional groups attached to an aromatic ring is 1. The van der Waals surface area contributed by atoms with Crippen LogP contribution in [-0.2, 0) is 35.0 Å². The highest BCUT2D eigenvalue weighted by Gasteiger charge is 2.26. The molecule has 0 aliphatic heterocycles. The molecule has 74 heavy (non-hydrogen) atoms. The van der Waals surface area contributed by atoms with Gasteiger partial charge in [0.2, 0.25) is 0 Å². The number of aryl methyl sites for hydroxylation is 1. The summed E-state index contributed by atoms with van der Waals surface area (Å²) in [5, 5.41) is 0. The number of carbonyl (C=O) groups is 2. The van der Waals surface area contributed by atoms with Crippen molar-refractivity contribution in [1.82, 2.24) is 0 Å². The van der Waals surface area contributed by atoms with Gasteiger partial charge in [0.25, 0.3) is 0 Å². The minimum atomic E-state index is -0.373. The largest absolute Gasteiger partial charge is 0.493 e. The lowest BCUT2D eigenvalue weighted by Gasteiger charge is -2.29. The van der Waals surface area contributed by atoms with Crippen LogP contribution in [-0.4, -0.2) is 79.0 Å². The van der Waals surface area contributed by atoms with Crippen LogP contribution in [0.1, 0.15) is 155 Å². The van der Waals surface area contributed by atoms with E-state index >= 15 is 0 Å². The van der Waals surface area contributed by atoms with Crippen LogP contribution < -0.4 is 30.4 Å². The molecule has 0 heterocycles. The third-order valence-electron chi connectivity index (χ3n) is 11.1. The maximum atomic E-state index is 12.2. The van der Waals surface area contributed by atoms with E-state index in [0.717, 1.165) is 119 Å². The fourth-order valence-corrected chi connectivity index (χ4v) is 6.95. The van der Waals surface area contributed by atoms with E-state index in [1.807, 2.05) is 69.3 Å². The van der Waals surface area contributed by atoms with Gasteiger partial charge in [-0.2, -0.15) is 0 Å². The van der Waals surface area contributed by atoms with Crippen LogP contribution >= 0.6 is 0 Å². The Morgan fingerprint density at radius 1 is 0.608 bits per heavy atom. The van der Waals surface area contributed by atoms with Crippen LogP contribution in [0.15, 0.2) is 104 Å². The first-order chi connectivity index (χ1) is 35.9. The number of benzene rings is 3. The van der Waals surface area contributed by atoms with Gasteiger partial charge in [-0.3, -0.25) is 0 Å². The summed E-state index contributed by atoms with van der Waals surface area (Å²) in [6.07, 6.45) is 28.1. The normalized spacial score (nSPS) is 11.6. The maximum Gasteiger partial charge on any atom is 0.330 e. The molecule has 0 aliphatic carbocycles. The monoisotopic (exact) mass is 1030 g/mol. The molecule has 416 valence electrons. The Morgan fingerprint density at radius 3 is 1.55 bits per heavy atom. The van der Waals surface area contributed by atoms with Crippen molar-refractivity contribution in [2.75, 3.05) is 72.8 Å². The number of methoxy groups -OCH3 is 2. The summed E-state index contributed by atoms with van der Waals surface area (Å²) >= 11 is 0. The first kappa shape index (κ1) is 68.3. The second-order valence-corrected chi connectivity index (χ2v) is 18.2. The van der Waals surface area contributed by atoms with Gasteiger partial charge in [-0.15, -0.1) is 0 Å². The highest BCUT2D eigenvalue weighted by Crippen LogP contribution is 2.30. The van der Waals surface area contributed by atoms with Gasteiger partial charge in [0, 0.05) is 36.5 Å². The number of hydrogen-bond acceptors (Lipinski definition) is 12. The molecule has 0 saturated carbocycles. The molecule has 3 aromatic carbocycles. The SMILES string of the molecule is C/C=C/N.C/C=C\CC.C=CC(=O)OCCCCCCOCC(C)(COCCCCCCOC(=O)/C=C/c1ccc(OCCCCC)c(OC)c1)Cc1ccc(N)cc1.CCCCCOc1ccc(C)cc1OC. The molecule has 3 rings (SSSR count). The average molecular weight is 1030 g/mol. The van der Waals surface area contributed by atoms with Gasteiger partial charge < -0.3 is 49.4 Å². The molecule has 0 radical (unpaired) electrons. The Balaban J connectivity index is 0.00000181. The van der Waals surface area contributed by atoms with Crippen molar-refractivity contribution in [3.05, 3.63) is 121 Å². The number of carbonyl (C=O) groups excluding carboxylic acids is 2. The lowest BCUT2D eigenvalue weighted by atomic mass is 9.85. The molecular formula is C62H98N2O10. The topological polar surface area (TPSA) is 160 Å². The van der Waals surface area contributed by atoms with Gasteiger partial charge in [-0.1, -0.05) is 115 Å². The van der Waals surface area contributed by atoms with Crippen molar-refractivity contribution in [2.24, 2.45) is 11.1 Å². The Kier molecular flexibility index (Phi) is 43.4. The zero-order valence-electron chi connectivity index (χ0n) is 47.2. The van der Waals surface area contributed by atoms with E-state index in [1.54, 1.807) is 26.4 Å². The molecule has 0 amide bonds. The molecule has 1 unspecified atom stereocenters. The summed E-state index contributed by atoms with van der Waals surface area (Å²) in [5.74, 6) is 2.29. The first-order valence-corrected chi connectivity index (χ1v) is 27.1. The predicted octanol–water partition coefficient (Wildman–Crippen LogP) is 14.6. The minimum absolute atomic E-state index is 0.175. The first-order valence-electron chi connectivity index (χ1n) is 27.1. The molecule has 4 N–H and O–H groups in total. The van der Waals surface area contributed by atoms with Crippen LogP contribution in [0, 0.1) is 12.3 Å². The van der Waals surface area contributed by atoms with E-state index in [1.165, 1.54) is 42.3 Å². The lowest BCUT2D eigenvalue weighted by Crippen LogP contribution is -2.32. The quantitative estimate of drug-likeness (QED) is 0.0187. The molecule has 0 aromatic heterocycles. The number of nitrogens with two attached hydrogens (primary N) is 2. The molecular weight excluding hydrogens is 933 g/mol. The number of hydrogen-bond donors (Lipinski definition) is 2. The van der Waals surface area contributed by atoms with Crippen LogP contribution in [0.25, 0.3) is 6.08 Å². The Morgan fingerprint density at radius 2 is 1.09 bits per heavy atom. The van der Waals surface area contributed by atoms with E-state index in [-0.39, 0.29) is 17.4 Å². The number of esters is 2. The third kappa shape index (κ3) is 37.1. The molecule has 1 atom stereocenters. The van der Waals surface area contributed by atoms with Crippen LogP contribution in [0.5, 0.6) is 23.0 Å². The Labute approximate surface area is 448 Å². The van der Waals surface area contributed by atoms with Crippen LogP contribution in [0.3, 0.4) is 0 Å². The van der Waals surface area contributed by atoms with Crippen molar-refractivity contribution >= 4 is 23.7 Å². The van der Waals surface area contributed by atoms with E-state index in [4.69, 9.17) is 49.4 Å². The molecule has 0 fully saturated rings. The van der Waals surface area contributed by atoms with Crippen LogP contribution in [0.4, 0.5) is 5.69 Å². The number of allylic oxidation sites excluding steroid dienone is 3. The Bertz CT molecular complexity index is 1940. The molecule has 0 aliphatic rings. The van der Waals surface area contributed by atoms with E-state index in [0.29, 0.717) is 57.7 Å². The molecule has 0 bridgehead atoms. The molecule has 3 aromatic rings. The summed E-state index contributed by atoms with van der Waals surface area (Å²) in [5.41, 5.74) is 14.5. The van der Waals surface area contributed by atoms with Crippen molar-refractivity contribution < 1.29 is 47.5 Å². The standard InChI is InChI=1S/C41H61NO8.C13H20O2.C5H10.C3H7N/c1-5-7-12-27-48-37-23-19-34(30-38(37)45-4)20-24-40(44)50-29-16-11-9-14-26-47-33-41(3,31-35-17-21-36(42)22-18-35)32-46-25-13-8-10-15-28-49-39(43)6-2;1-4-5-6-9-15-12-8-7-11(2)10-13(12)14-3;1-3-5-4-2;1-2-3-4/h6,17-24,30H,2,5,7-16,25-29,31-33,42H2,1,3-4H3;7-8,10H,4-6,9H2,1-3H3;3,5H,4H2,1-2H3;2-3H,4H2,1H3/b24-20+;;5-3-;3-2+. The summed E-state index contributed by atoms with van der Waals surface area (Å²) in [4.78, 5) is 23.3. The van der Waals surface area contributed by atoms with Gasteiger partial charge in [0.05, 0.1) is 53.9 Å².